The minimum Gasteiger partial charge on any atom is -0.496 e. The second kappa shape index (κ2) is 6.80. The molecule has 8 heteroatoms. The number of nitro benzene ring substituents is 1. The van der Waals surface area contributed by atoms with Crippen LogP contribution in [0.3, 0.4) is 0 Å². The van der Waals surface area contributed by atoms with E-state index in [4.69, 9.17) is 9.26 Å². The van der Waals surface area contributed by atoms with Crippen molar-refractivity contribution in [3.8, 4) is 5.75 Å². The molecule has 112 valence electrons. The Morgan fingerprint density at radius 3 is 2.90 bits per heavy atom. The first-order valence-electron chi connectivity index (χ1n) is 6.41. The van der Waals surface area contributed by atoms with Gasteiger partial charge >= 0.3 is 0 Å². The molecule has 8 nitrogen and oxygen atoms in total. The summed E-state index contributed by atoms with van der Waals surface area (Å²) in [5, 5.41) is 17.7. The summed E-state index contributed by atoms with van der Waals surface area (Å²) in [6.07, 6.45) is 0.595. The number of nitrogens with one attached hydrogen (secondary N) is 1. The Morgan fingerprint density at radius 1 is 1.48 bits per heavy atom. The van der Waals surface area contributed by atoms with Crippen molar-refractivity contribution in [3.05, 3.63) is 45.6 Å². The third-order valence-corrected chi connectivity index (χ3v) is 2.88. The van der Waals surface area contributed by atoms with Crippen molar-refractivity contribution in [1.82, 2.24) is 15.5 Å². The van der Waals surface area contributed by atoms with Gasteiger partial charge < -0.3 is 14.6 Å². The number of aryl methyl sites for hydroxylation is 1. The first kappa shape index (κ1) is 14.9. The standard InChI is InChI=1S/C13H16N4O4/c1-9-15-13(21-16-9)5-6-14-8-10-7-11(17(18)19)3-4-12(10)20-2/h3-4,7,14H,5-6,8H2,1-2H3. The fourth-order valence-corrected chi connectivity index (χ4v) is 1.88. The predicted molar refractivity (Wildman–Crippen MR) is 74.1 cm³/mol. The molecule has 21 heavy (non-hydrogen) atoms. The summed E-state index contributed by atoms with van der Waals surface area (Å²) < 4.78 is 10.2. The van der Waals surface area contributed by atoms with E-state index in [1.54, 1.807) is 13.0 Å². The largest absolute Gasteiger partial charge is 0.496 e. The number of rotatable bonds is 7. The molecule has 0 unspecified atom stereocenters. The molecule has 0 aliphatic rings. The number of methoxy groups -OCH3 is 1. The molecule has 0 bridgehead atoms. The number of ether oxygens (including phenoxy) is 1. The van der Waals surface area contributed by atoms with Crippen molar-refractivity contribution in [3.63, 3.8) is 0 Å². The van der Waals surface area contributed by atoms with Gasteiger partial charge in [0.05, 0.1) is 12.0 Å². The molecule has 1 heterocycles. The van der Waals surface area contributed by atoms with Gasteiger partial charge in [-0.2, -0.15) is 4.98 Å². The molecule has 0 atom stereocenters. The quantitative estimate of drug-likeness (QED) is 0.470. The van der Waals surface area contributed by atoms with E-state index in [2.05, 4.69) is 15.5 Å². The van der Waals surface area contributed by atoms with Crippen LogP contribution in [0.5, 0.6) is 5.75 Å². The van der Waals surface area contributed by atoms with Crippen molar-refractivity contribution in [2.75, 3.05) is 13.7 Å². The van der Waals surface area contributed by atoms with Gasteiger partial charge in [0.15, 0.2) is 5.82 Å². The summed E-state index contributed by atoms with van der Waals surface area (Å²) in [6, 6.07) is 4.52. The van der Waals surface area contributed by atoms with E-state index in [1.807, 2.05) is 0 Å². The number of aromatic nitrogens is 2. The molecule has 0 spiro atoms. The highest BCUT2D eigenvalue weighted by atomic mass is 16.6. The summed E-state index contributed by atoms with van der Waals surface area (Å²) in [5.41, 5.74) is 0.772. The zero-order chi connectivity index (χ0) is 15.2. The molecule has 0 saturated carbocycles. The number of nitro groups is 1. The predicted octanol–water partition coefficient (Wildman–Crippen LogP) is 1.63. The second-order valence-corrected chi connectivity index (χ2v) is 4.42. The average Bonchev–Trinajstić information content (AvgIpc) is 2.89. The van der Waals surface area contributed by atoms with Gasteiger partial charge in [-0.3, -0.25) is 10.1 Å². The monoisotopic (exact) mass is 292 g/mol. The minimum absolute atomic E-state index is 0.0418. The molecule has 2 rings (SSSR count). The minimum atomic E-state index is -0.426. The maximum atomic E-state index is 10.8. The number of hydrogen-bond donors (Lipinski definition) is 1. The molecule has 0 saturated heterocycles. The lowest BCUT2D eigenvalue weighted by Gasteiger charge is -2.09. The number of hydrogen-bond acceptors (Lipinski definition) is 7. The number of benzene rings is 1. The zero-order valence-electron chi connectivity index (χ0n) is 11.8. The van der Waals surface area contributed by atoms with Crippen molar-refractivity contribution >= 4 is 5.69 Å². The van der Waals surface area contributed by atoms with Crippen LogP contribution in [0.15, 0.2) is 22.7 Å². The SMILES string of the molecule is COc1ccc([N+](=O)[O-])cc1CNCCc1nc(C)no1. The van der Waals surface area contributed by atoms with Gasteiger partial charge in [0.25, 0.3) is 5.69 Å². The fourth-order valence-electron chi connectivity index (χ4n) is 1.88. The molecular formula is C13H16N4O4. The third-order valence-electron chi connectivity index (χ3n) is 2.88. The Morgan fingerprint density at radius 2 is 2.29 bits per heavy atom. The van der Waals surface area contributed by atoms with Crippen molar-refractivity contribution < 1.29 is 14.2 Å². The molecule has 1 N–H and O–H groups in total. The molecule has 0 aliphatic carbocycles. The highest BCUT2D eigenvalue weighted by Gasteiger charge is 2.11. The Balaban J connectivity index is 1.92. The number of nitrogens with zero attached hydrogens (tertiary/aromatic N) is 3. The molecule has 0 fully saturated rings. The van der Waals surface area contributed by atoms with Gasteiger partial charge in [-0.1, -0.05) is 5.16 Å². The van der Waals surface area contributed by atoms with Crippen LogP contribution in [-0.4, -0.2) is 28.7 Å². The van der Waals surface area contributed by atoms with Crippen LogP contribution in [0.2, 0.25) is 0 Å². The molecule has 0 amide bonds. The summed E-state index contributed by atoms with van der Waals surface area (Å²) in [4.78, 5) is 14.5. The molecular weight excluding hydrogens is 276 g/mol. The topological polar surface area (TPSA) is 103 Å². The normalized spacial score (nSPS) is 10.6. The molecule has 1 aromatic carbocycles. The van der Waals surface area contributed by atoms with Crippen LogP contribution in [-0.2, 0) is 13.0 Å². The van der Waals surface area contributed by atoms with E-state index < -0.39 is 4.92 Å². The summed E-state index contributed by atoms with van der Waals surface area (Å²) in [5.74, 6) is 1.78. The second-order valence-electron chi connectivity index (χ2n) is 4.42. The van der Waals surface area contributed by atoms with Crippen LogP contribution in [0.25, 0.3) is 0 Å². The molecule has 1 aromatic heterocycles. The zero-order valence-corrected chi connectivity index (χ0v) is 11.8. The number of non-ortho nitro benzene ring substituents is 1. The third kappa shape index (κ3) is 3.99. The van der Waals surface area contributed by atoms with Crippen molar-refractivity contribution in [1.29, 1.82) is 0 Å². The van der Waals surface area contributed by atoms with Crippen molar-refractivity contribution in [2.24, 2.45) is 0 Å². The highest BCUT2D eigenvalue weighted by molar-refractivity contribution is 5.43. The van der Waals surface area contributed by atoms with E-state index in [-0.39, 0.29) is 5.69 Å². The average molecular weight is 292 g/mol. The van der Waals surface area contributed by atoms with Gasteiger partial charge in [-0.15, -0.1) is 0 Å². The Kier molecular flexibility index (Phi) is 4.83. The lowest BCUT2D eigenvalue weighted by Crippen LogP contribution is -2.17. The van der Waals surface area contributed by atoms with E-state index >= 15 is 0 Å². The summed E-state index contributed by atoms with van der Waals surface area (Å²) in [7, 11) is 1.53. The first-order chi connectivity index (χ1) is 10.1. The maximum absolute atomic E-state index is 10.8. The van der Waals surface area contributed by atoms with Crippen LogP contribution in [0.4, 0.5) is 5.69 Å². The van der Waals surface area contributed by atoms with Gasteiger partial charge in [0.1, 0.15) is 5.75 Å². The molecule has 0 aliphatic heterocycles. The Labute approximate surface area is 121 Å². The van der Waals surface area contributed by atoms with E-state index in [0.717, 1.165) is 5.56 Å². The van der Waals surface area contributed by atoms with Gasteiger partial charge in [-0.25, -0.2) is 0 Å². The summed E-state index contributed by atoms with van der Waals surface area (Å²) in [6.45, 7) is 2.83. The maximum Gasteiger partial charge on any atom is 0.270 e. The van der Waals surface area contributed by atoms with Gasteiger partial charge in [-0.05, 0) is 13.0 Å². The smallest absolute Gasteiger partial charge is 0.270 e. The first-order valence-corrected chi connectivity index (χ1v) is 6.41. The van der Waals surface area contributed by atoms with Crippen LogP contribution < -0.4 is 10.1 Å². The molecule has 0 radical (unpaired) electrons. The van der Waals surface area contributed by atoms with E-state index in [9.17, 15) is 10.1 Å². The van der Waals surface area contributed by atoms with Crippen LogP contribution >= 0.6 is 0 Å². The van der Waals surface area contributed by atoms with E-state index in [0.29, 0.717) is 37.0 Å². The van der Waals surface area contributed by atoms with Gasteiger partial charge in [0.2, 0.25) is 5.89 Å². The molecule has 2 aromatic rings. The fraction of sp³-hybridized carbons (Fsp3) is 0.385. The Bertz CT molecular complexity index is 626. The van der Waals surface area contributed by atoms with E-state index in [1.165, 1.54) is 19.2 Å². The van der Waals surface area contributed by atoms with Crippen LogP contribution in [0, 0.1) is 17.0 Å². The highest BCUT2D eigenvalue weighted by Crippen LogP contribution is 2.23. The van der Waals surface area contributed by atoms with Crippen LogP contribution in [0.1, 0.15) is 17.3 Å². The lowest BCUT2D eigenvalue weighted by molar-refractivity contribution is -0.384. The summed E-state index contributed by atoms with van der Waals surface area (Å²) >= 11 is 0. The lowest BCUT2D eigenvalue weighted by atomic mass is 10.1. The Hall–Kier alpha value is -2.48. The van der Waals surface area contributed by atoms with Gasteiger partial charge in [0, 0.05) is 37.2 Å². The van der Waals surface area contributed by atoms with Crippen molar-refractivity contribution in [2.45, 2.75) is 19.9 Å².